The van der Waals surface area contributed by atoms with Crippen LogP contribution in [-0.4, -0.2) is 31.2 Å². The van der Waals surface area contributed by atoms with Gasteiger partial charge in [-0.3, -0.25) is 0 Å². The molecule has 0 heterocycles. The van der Waals surface area contributed by atoms with Crippen molar-refractivity contribution in [1.82, 2.24) is 0 Å². The summed E-state index contributed by atoms with van der Waals surface area (Å²) in [5, 5.41) is 9.83. The van der Waals surface area contributed by atoms with Crippen molar-refractivity contribution in [3.63, 3.8) is 0 Å². The number of ether oxygens (including phenoxy) is 2. The maximum absolute atomic E-state index is 9.83. The summed E-state index contributed by atoms with van der Waals surface area (Å²) in [6.45, 7) is 7.95. The predicted octanol–water partition coefficient (Wildman–Crippen LogP) is 2.66. The molecule has 0 aromatic rings. The van der Waals surface area contributed by atoms with Crippen molar-refractivity contribution in [2.45, 2.75) is 45.3 Å². The minimum atomic E-state index is -0.502. The second kappa shape index (κ2) is 9.58. The Morgan fingerprint density at radius 1 is 1.44 bits per heavy atom. The molecule has 0 spiro atoms. The molecule has 0 saturated carbocycles. The smallest absolute Gasteiger partial charge is 0.146 e. The monoisotopic (exact) mass is 228 g/mol. The van der Waals surface area contributed by atoms with Gasteiger partial charge in [0.2, 0.25) is 0 Å². The van der Waals surface area contributed by atoms with E-state index in [1.807, 2.05) is 0 Å². The van der Waals surface area contributed by atoms with Crippen molar-refractivity contribution in [3.8, 4) is 0 Å². The lowest BCUT2D eigenvalue weighted by atomic mass is 10.0. The van der Waals surface area contributed by atoms with Gasteiger partial charge in [0.25, 0.3) is 0 Å². The molecule has 0 amide bonds. The molecule has 0 aliphatic carbocycles. The van der Waals surface area contributed by atoms with E-state index in [1.165, 1.54) is 5.57 Å². The summed E-state index contributed by atoms with van der Waals surface area (Å²) in [6.07, 6.45) is 5.41. The van der Waals surface area contributed by atoms with Crippen LogP contribution in [0.15, 0.2) is 24.3 Å². The van der Waals surface area contributed by atoms with Gasteiger partial charge in [-0.25, -0.2) is 0 Å². The summed E-state index contributed by atoms with van der Waals surface area (Å²) in [5.41, 5.74) is 1.28. The third-order valence-electron chi connectivity index (χ3n) is 2.24. The van der Waals surface area contributed by atoms with E-state index in [0.29, 0.717) is 6.42 Å². The molecule has 0 unspecified atom stereocenters. The van der Waals surface area contributed by atoms with Crippen LogP contribution in [0.1, 0.15) is 33.1 Å². The highest BCUT2D eigenvalue weighted by Crippen LogP contribution is 2.12. The van der Waals surface area contributed by atoms with Gasteiger partial charge in [0.05, 0.1) is 12.2 Å². The maximum atomic E-state index is 9.83. The second-order valence-corrected chi connectivity index (χ2v) is 4.06. The maximum Gasteiger partial charge on any atom is 0.146 e. The van der Waals surface area contributed by atoms with Crippen molar-refractivity contribution in [1.29, 1.82) is 0 Å². The van der Waals surface area contributed by atoms with Gasteiger partial charge in [-0.2, -0.15) is 0 Å². The van der Waals surface area contributed by atoms with E-state index < -0.39 is 6.10 Å². The van der Waals surface area contributed by atoms with Gasteiger partial charge in [-0.05, 0) is 33.1 Å². The lowest BCUT2D eigenvalue weighted by Gasteiger charge is -2.21. The topological polar surface area (TPSA) is 38.7 Å². The van der Waals surface area contributed by atoms with Crippen LogP contribution in [0.2, 0.25) is 0 Å². The fraction of sp³-hybridized carbons (Fsp3) is 0.692. The van der Waals surface area contributed by atoms with Gasteiger partial charge < -0.3 is 14.6 Å². The van der Waals surface area contributed by atoms with Gasteiger partial charge >= 0.3 is 0 Å². The van der Waals surface area contributed by atoms with E-state index in [2.05, 4.69) is 26.5 Å². The van der Waals surface area contributed by atoms with Crippen molar-refractivity contribution >= 4 is 0 Å². The van der Waals surface area contributed by atoms with Crippen LogP contribution in [-0.2, 0) is 9.47 Å². The first-order valence-electron chi connectivity index (χ1n) is 5.64. The quantitative estimate of drug-likeness (QED) is 0.487. The van der Waals surface area contributed by atoms with Crippen molar-refractivity contribution < 1.29 is 14.6 Å². The standard InChI is InChI=1S/C13H24O3/c1-5-7-12(14)13(16-10-15-4)9-6-8-11(2)3/h5,8,12-14H,1,6-7,9-10H2,2-4H3/t12-,13+/m1/s1. The van der Waals surface area contributed by atoms with Crippen molar-refractivity contribution in [2.24, 2.45) is 0 Å². The summed E-state index contributed by atoms with van der Waals surface area (Å²) in [5.74, 6) is 0. The van der Waals surface area contributed by atoms with Crippen LogP contribution < -0.4 is 0 Å². The molecule has 16 heavy (non-hydrogen) atoms. The van der Waals surface area contributed by atoms with Crippen LogP contribution >= 0.6 is 0 Å². The van der Waals surface area contributed by atoms with Crippen LogP contribution in [0, 0.1) is 0 Å². The Morgan fingerprint density at radius 3 is 2.62 bits per heavy atom. The highest BCUT2D eigenvalue weighted by molar-refractivity contribution is 4.93. The summed E-state index contributed by atoms with van der Waals surface area (Å²) in [6, 6.07) is 0. The van der Waals surface area contributed by atoms with Crippen molar-refractivity contribution in [2.75, 3.05) is 13.9 Å². The minimum Gasteiger partial charge on any atom is -0.390 e. The molecule has 3 nitrogen and oxygen atoms in total. The summed E-state index contributed by atoms with van der Waals surface area (Å²) in [7, 11) is 1.58. The van der Waals surface area contributed by atoms with E-state index in [1.54, 1.807) is 13.2 Å². The third-order valence-corrected chi connectivity index (χ3v) is 2.24. The fourth-order valence-electron chi connectivity index (χ4n) is 1.40. The van der Waals surface area contributed by atoms with Gasteiger partial charge in [-0.1, -0.05) is 17.7 Å². The van der Waals surface area contributed by atoms with Crippen LogP contribution in [0.5, 0.6) is 0 Å². The molecule has 0 aromatic carbocycles. The Kier molecular flexibility index (Phi) is 9.19. The minimum absolute atomic E-state index is 0.187. The Balaban J connectivity index is 4.08. The first-order valence-corrected chi connectivity index (χ1v) is 5.64. The lowest BCUT2D eigenvalue weighted by Crippen LogP contribution is -2.29. The highest BCUT2D eigenvalue weighted by Gasteiger charge is 2.17. The fourth-order valence-corrected chi connectivity index (χ4v) is 1.40. The SMILES string of the molecule is C=CC[C@@H](O)[C@H](CCC=C(C)C)OCOC. The Labute approximate surface area is 98.8 Å². The number of hydrogen-bond acceptors (Lipinski definition) is 3. The summed E-state index contributed by atoms with van der Waals surface area (Å²) in [4.78, 5) is 0. The zero-order valence-electron chi connectivity index (χ0n) is 10.6. The van der Waals surface area contributed by atoms with Gasteiger partial charge in [0.15, 0.2) is 0 Å². The molecule has 0 fully saturated rings. The largest absolute Gasteiger partial charge is 0.390 e. The van der Waals surface area contributed by atoms with E-state index in [-0.39, 0.29) is 12.9 Å². The number of aliphatic hydroxyl groups is 1. The number of methoxy groups -OCH3 is 1. The molecule has 0 aromatic heterocycles. The lowest BCUT2D eigenvalue weighted by molar-refractivity contribution is -0.113. The van der Waals surface area contributed by atoms with E-state index in [9.17, 15) is 5.11 Å². The van der Waals surface area contributed by atoms with Crippen molar-refractivity contribution in [3.05, 3.63) is 24.3 Å². The number of allylic oxidation sites excluding steroid dienone is 2. The number of aliphatic hydroxyl groups excluding tert-OH is 1. The summed E-state index contributed by atoms with van der Waals surface area (Å²) >= 11 is 0. The van der Waals surface area contributed by atoms with Crippen LogP contribution in [0.25, 0.3) is 0 Å². The molecule has 0 radical (unpaired) electrons. The normalized spacial score (nSPS) is 14.2. The molecule has 0 rings (SSSR count). The predicted molar refractivity (Wildman–Crippen MR) is 66.2 cm³/mol. The molecule has 0 aliphatic rings. The zero-order valence-corrected chi connectivity index (χ0v) is 10.6. The second-order valence-electron chi connectivity index (χ2n) is 4.06. The zero-order chi connectivity index (χ0) is 12.4. The molecule has 0 bridgehead atoms. The summed E-state index contributed by atoms with van der Waals surface area (Å²) < 4.78 is 10.3. The van der Waals surface area contributed by atoms with Gasteiger partial charge in [-0.15, -0.1) is 6.58 Å². The molecule has 0 saturated heterocycles. The molecule has 0 aliphatic heterocycles. The first kappa shape index (κ1) is 15.4. The Bertz CT molecular complexity index is 207. The Hall–Kier alpha value is -0.640. The Morgan fingerprint density at radius 2 is 2.12 bits per heavy atom. The molecular weight excluding hydrogens is 204 g/mol. The molecule has 2 atom stereocenters. The molecule has 94 valence electrons. The van der Waals surface area contributed by atoms with Gasteiger partial charge in [0.1, 0.15) is 6.79 Å². The van der Waals surface area contributed by atoms with E-state index >= 15 is 0 Å². The third kappa shape index (κ3) is 7.63. The molecular formula is C13H24O3. The van der Waals surface area contributed by atoms with Crippen LogP contribution in [0.4, 0.5) is 0 Å². The average molecular weight is 228 g/mol. The van der Waals surface area contributed by atoms with E-state index in [0.717, 1.165) is 12.8 Å². The van der Waals surface area contributed by atoms with E-state index in [4.69, 9.17) is 9.47 Å². The molecule has 1 N–H and O–H groups in total. The number of hydrogen-bond donors (Lipinski definition) is 1. The highest BCUT2D eigenvalue weighted by atomic mass is 16.7. The van der Waals surface area contributed by atoms with Crippen LogP contribution in [0.3, 0.4) is 0 Å². The average Bonchev–Trinajstić information content (AvgIpc) is 2.22. The molecule has 3 heteroatoms. The number of rotatable bonds is 9. The van der Waals surface area contributed by atoms with Gasteiger partial charge in [0, 0.05) is 7.11 Å². The first-order chi connectivity index (χ1) is 7.61.